The van der Waals surface area contributed by atoms with Crippen molar-refractivity contribution >= 4 is 0 Å². The molecule has 0 aromatic heterocycles. The van der Waals surface area contributed by atoms with Crippen LogP contribution in [0.1, 0.15) is 0 Å². The van der Waals surface area contributed by atoms with Gasteiger partial charge in [0.05, 0.1) is 0 Å². The van der Waals surface area contributed by atoms with E-state index in [2.05, 4.69) is 0 Å². The molecule has 0 fully saturated rings. The van der Waals surface area contributed by atoms with Gasteiger partial charge in [-0.25, -0.2) is 0 Å². The zero-order valence-electron chi connectivity index (χ0n) is 11.1. The van der Waals surface area contributed by atoms with Crippen molar-refractivity contribution in [2.75, 3.05) is 0 Å². The van der Waals surface area contributed by atoms with Gasteiger partial charge in [0.25, 0.3) is 0 Å². The number of rotatable bonds is 0. The minimum absolute atomic E-state index is 0. The van der Waals surface area contributed by atoms with Gasteiger partial charge in [-0.05, 0) is 0 Å². The molecule has 0 aromatic carbocycles. The van der Waals surface area contributed by atoms with Crippen molar-refractivity contribution in [3.05, 3.63) is 0 Å². The summed E-state index contributed by atoms with van der Waals surface area (Å²) < 4.78 is 137. The molecule has 25 heavy (non-hydrogen) atoms. The van der Waals surface area contributed by atoms with E-state index in [0.717, 1.165) is 0 Å². The van der Waals surface area contributed by atoms with Gasteiger partial charge in [0.1, 0.15) is 0 Å². The molecule has 0 spiro atoms. The van der Waals surface area contributed by atoms with Crippen LogP contribution >= 0.6 is 0 Å². The molecule has 0 bridgehead atoms. The van der Waals surface area contributed by atoms with E-state index in [1.165, 1.54) is 0 Å². The fraction of sp³-hybridized carbons (Fsp3) is 0. The Morgan fingerprint density at radius 1 is 0.400 bits per heavy atom. The SMILES string of the molecule is [Co+2].[Li+].[Li+].[Mn+2].[Ni+2].[O]=[Mn](=[O])([O-])[O-].[O]=[Mn](=[O])([O-])[O-].[O]=[Mn](=[O])([O-])[O-].[O]=[Mn](=[O])([O-])[O-]. The molecule has 0 aromatic rings. The maximum atomic E-state index is 8.58. The van der Waals surface area contributed by atoms with Gasteiger partial charge in [0.15, 0.2) is 0 Å². The molecule has 0 heterocycles. The summed E-state index contributed by atoms with van der Waals surface area (Å²) in [6, 6.07) is 0. The normalized spacial score (nSPS) is 9.28. The third-order valence-electron chi connectivity index (χ3n) is 0. The number of hydrogen-bond acceptors (Lipinski definition) is 16. The van der Waals surface area contributed by atoms with Crippen LogP contribution in [0.2, 0.25) is 0 Å². The van der Waals surface area contributed by atoms with Gasteiger partial charge in [-0.3, -0.25) is 0 Å². The van der Waals surface area contributed by atoms with Crippen molar-refractivity contribution < 1.29 is 206 Å². The molecule has 0 unspecified atom stereocenters. The number of hydrogen-bond donors (Lipinski definition) is 0. The second-order valence-corrected chi connectivity index (χ2v) is 6.23. The van der Waals surface area contributed by atoms with Gasteiger partial charge >= 0.3 is 206 Å². The topological polar surface area (TPSA) is 321 Å². The first-order valence-electron chi connectivity index (χ1n) is 2.47. The van der Waals surface area contributed by atoms with Crippen LogP contribution in [0.4, 0.5) is 0 Å². The predicted molar refractivity (Wildman–Crippen MR) is 5.49 cm³/mol. The summed E-state index contributed by atoms with van der Waals surface area (Å²) in [5, 5.41) is 0. The molecule has 0 saturated carbocycles. The predicted octanol–water partition coefficient (Wildman–Crippen LogP) is -16.5. The molecular formula is CoLi2Mn5NiO16. The van der Waals surface area contributed by atoms with Crippen LogP contribution in [-0.4, -0.2) is 0 Å². The Kier molecular flexibility index (Phi) is 56.3. The molecule has 0 aliphatic heterocycles. The maximum absolute atomic E-state index is 8.58. The quantitative estimate of drug-likeness (QED) is 0.217. The van der Waals surface area contributed by atoms with E-state index in [1.54, 1.807) is 0 Å². The standard InChI is InChI=1S/Co.2Li.5Mn.Ni.16O/q+2;2*+1;;;;;2*+2;;;;;;;;;8*-1. The molecule has 2 radical (unpaired) electrons. The van der Waals surface area contributed by atoms with Crippen LogP contribution in [0, 0.1) is 0 Å². The van der Waals surface area contributed by atoms with Crippen molar-refractivity contribution in [3.63, 3.8) is 0 Å². The van der Waals surface area contributed by atoms with Gasteiger partial charge in [0.2, 0.25) is 0 Å². The molecule has 0 aliphatic rings. The fourth-order valence-electron chi connectivity index (χ4n) is 0. The molecule has 0 aliphatic carbocycles. The first-order valence-corrected chi connectivity index (χ1v) is 10.2. The van der Waals surface area contributed by atoms with Gasteiger partial charge in [0, 0.05) is 0 Å². The second-order valence-electron chi connectivity index (χ2n) is 1.51. The first kappa shape index (κ1) is 56.5. The Morgan fingerprint density at radius 2 is 0.400 bits per heavy atom. The van der Waals surface area contributed by atoms with Crippen LogP contribution < -0.4 is 71.2 Å². The van der Waals surface area contributed by atoms with E-state index in [4.69, 9.17) is 64.2 Å². The van der Waals surface area contributed by atoms with Crippen molar-refractivity contribution in [2.24, 2.45) is 0 Å². The zero-order valence-corrected chi connectivity index (χ0v) is 19.0. The van der Waals surface area contributed by atoms with Crippen LogP contribution in [0.25, 0.3) is 0 Å². The van der Waals surface area contributed by atoms with E-state index in [0.29, 0.717) is 0 Å². The molecule has 16 nitrogen and oxygen atoms in total. The Hall–Kier alpha value is 2.87. The molecule has 25 heteroatoms. The fourth-order valence-corrected chi connectivity index (χ4v) is 0. The molecule has 0 N–H and O–H groups in total. The van der Waals surface area contributed by atoms with E-state index < -0.39 is 53.5 Å². The van der Waals surface area contributed by atoms with Gasteiger partial charge in [-0.2, -0.15) is 0 Å². The molecule has 0 amide bonds. The third kappa shape index (κ3) is 2020. The average Bonchev–Trinajstić information content (AvgIpc) is 1.62. The van der Waals surface area contributed by atoms with Crippen molar-refractivity contribution in [1.82, 2.24) is 0 Å². The van der Waals surface area contributed by atoms with E-state index in [-0.39, 0.29) is 88.1 Å². The Bertz CT molecular complexity index is 491. The van der Waals surface area contributed by atoms with Crippen LogP contribution in [0.3, 0.4) is 0 Å². The summed E-state index contributed by atoms with van der Waals surface area (Å²) >= 11 is -22.5. The first-order chi connectivity index (χ1) is 8.00. The van der Waals surface area contributed by atoms with Gasteiger partial charge in [-0.1, -0.05) is 0 Å². The van der Waals surface area contributed by atoms with E-state index in [1.807, 2.05) is 0 Å². The summed E-state index contributed by atoms with van der Waals surface area (Å²) in [6.07, 6.45) is 0. The van der Waals surface area contributed by atoms with Crippen LogP contribution in [-0.2, 0) is 134 Å². The van der Waals surface area contributed by atoms with Crippen molar-refractivity contribution in [2.45, 2.75) is 0 Å². The van der Waals surface area contributed by atoms with E-state index >= 15 is 0 Å². The Morgan fingerprint density at radius 3 is 0.400 bits per heavy atom. The summed E-state index contributed by atoms with van der Waals surface area (Å²) in [4.78, 5) is 0. The van der Waals surface area contributed by atoms with Gasteiger partial charge in [-0.15, -0.1) is 0 Å². The summed E-state index contributed by atoms with van der Waals surface area (Å²) in [7, 11) is 0. The zero-order chi connectivity index (χ0) is 18.0. The third-order valence-corrected chi connectivity index (χ3v) is 0. The van der Waals surface area contributed by atoms with E-state index in [9.17, 15) is 0 Å². The molecule has 152 valence electrons. The second kappa shape index (κ2) is 24.9. The summed E-state index contributed by atoms with van der Waals surface area (Å²) in [5.74, 6) is 0. The molecular weight excluding hydrogens is 662 g/mol. The molecule has 0 rings (SSSR count). The van der Waals surface area contributed by atoms with Crippen LogP contribution in [0.5, 0.6) is 0 Å². The van der Waals surface area contributed by atoms with Crippen LogP contribution in [0.15, 0.2) is 0 Å². The Balaban J connectivity index is -0.0000000183. The van der Waals surface area contributed by atoms with Crippen molar-refractivity contribution in [3.8, 4) is 0 Å². The van der Waals surface area contributed by atoms with Crippen molar-refractivity contribution in [1.29, 1.82) is 0 Å². The average molecular weight is 662 g/mol. The molecule has 0 atom stereocenters. The molecule has 0 saturated heterocycles. The Labute approximate surface area is 203 Å². The summed E-state index contributed by atoms with van der Waals surface area (Å²) in [6.45, 7) is 0. The minimum atomic E-state index is -5.62. The summed E-state index contributed by atoms with van der Waals surface area (Å²) in [5.41, 5.74) is 0. The van der Waals surface area contributed by atoms with Gasteiger partial charge < -0.3 is 0 Å². The monoisotopic (exact) mass is 662 g/mol.